The van der Waals surface area contributed by atoms with E-state index in [0.29, 0.717) is 10.8 Å². The molecule has 1 N–H and O–H groups in total. The Labute approximate surface area is 114 Å². The number of hydrogen-bond donors (Lipinski definition) is 1. The Hall–Kier alpha value is -1.06. The Morgan fingerprint density at radius 2 is 2.12 bits per heavy atom. The summed E-state index contributed by atoms with van der Waals surface area (Å²) in [6.45, 7) is 2.81. The largest absolute Gasteiger partial charge is 0.365 e. The number of anilines is 1. The van der Waals surface area contributed by atoms with Gasteiger partial charge in [0.1, 0.15) is 5.82 Å². The molecular weight excluding hydrogens is 300 g/mol. The van der Waals surface area contributed by atoms with E-state index in [1.54, 1.807) is 6.20 Å². The summed E-state index contributed by atoms with van der Waals surface area (Å²) < 4.78 is 0.879. The molecule has 0 atom stereocenters. The minimum absolute atomic E-state index is 0.618. The molecule has 1 aromatic carbocycles. The van der Waals surface area contributed by atoms with Crippen molar-refractivity contribution in [3.63, 3.8) is 0 Å². The second-order valence-corrected chi connectivity index (χ2v) is 5.09. The lowest BCUT2D eigenvalue weighted by atomic mass is 10.1. The predicted octanol–water partition coefficient (Wildman–Crippen LogP) is 4.42. The molecule has 0 amide bonds. The molecule has 0 radical (unpaired) electrons. The Morgan fingerprint density at radius 1 is 1.35 bits per heavy atom. The van der Waals surface area contributed by atoms with E-state index in [1.807, 2.05) is 18.2 Å². The van der Waals surface area contributed by atoms with Crippen molar-refractivity contribution in [3.8, 4) is 0 Å². The van der Waals surface area contributed by atoms with Gasteiger partial charge in [-0.05, 0) is 40.0 Å². The first-order valence-corrected chi connectivity index (χ1v) is 6.43. The molecule has 17 heavy (non-hydrogen) atoms. The zero-order valence-electron chi connectivity index (χ0n) is 9.37. The summed E-state index contributed by atoms with van der Waals surface area (Å²) in [5.41, 5.74) is 2.50. The van der Waals surface area contributed by atoms with Crippen LogP contribution in [0.3, 0.4) is 0 Å². The average molecular weight is 312 g/mol. The maximum absolute atomic E-state index is 6.08. The average Bonchev–Trinajstić information content (AvgIpc) is 2.30. The zero-order chi connectivity index (χ0) is 12.3. The molecule has 0 aliphatic carbocycles. The van der Waals surface area contributed by atoms with Crippen LogP contribution in [0.1, 0.15) is 11.1 Å². The molecular formula is C13H12BrClN2. The van der Waals surface area contributed by atoms with Gasteiger partial charge >= 0.3 is 0 Å². The second kappa shape index (κ2) is 5.52. The number of nitrogens with one attached hydrogen (secondary N) is 1. The van der Waals surface area contributed by atoms with Gasteiger partial charge in [-0.3, -0.25) is 0 Å². The molecule has 0 aliphatic rings. The monoisotopic (exact) mass is 310 g/mol. The standard InChI is InChI=1S/C13H12BrClN2/c1-9-4-2-3-5-10(9)7-16-13-12(15)6-11(14)8-17-13/h2-6,8H,7H2,1H3,(H,16,17). The molecule has 0 unspecified atom stereocenters. The third kappa shape index (κ3) is 3.20. The van der Waals surface area contributed by atoms with E-state index >= 15 is 0 Å². The van der Waals surface area contributed by atoms with Gasteiger partial charge in [0.25, 0.3) is 0 Å². The van der Waals surface area contributed by atoms with Crippen LogP contribution < -0.4 is 5.32 Å². The van der Waals surface area contributed by atoms with Crippen LogP contribution in [0.15, 0.2) is 41.0 Å². The van der Waals surface area contributed by atoms with Crippen molar-refractivity contribution in [1.29, 1.82) is 0 Å². The summed E-state index contributed by atoms with van der Waals surface area (Å²) in [6.07, 6.45) is 1.73. The van der Waals surface area contributed by atoms with Crippen LogP contribution >= 0.6 is 27.5 Å². The van der Waals surface area contributed by atoms with Gasteiger partial charge in [-0.1, -0.05) is 35.9 Å². The van der Waals surface area contributed by atoms with Crippen LogP contribution in [0.2, 0.25) is 5.02 Å². The minimum Gasteiger partial charge on any atom is -0.365 e. The molecule has 0 spiro atoms. The molecule has 1 aromatic heterocycles. The van der Waals surface area contributed by atoms with Crippen molar-refractivity contribution in [1.82, 2.24) is 4.98 Å². The minimum atomic E-state index is 0.618. The van der Waals surface area contributed by atoms with Gasteiger partial charge < -0.3 is 5.32 Å². The number of rotatable bonds is 3. The zero-order valence-corrected chi connectivity index (χ0v) is 11.7. The molecule has 2 nitrogen and oxygen atoms in total. The van der Waals surface area contributed by atoms with Crippen LogP contribution in [0.25, 0.3) is 0 Å². The van der Waals surface area contributed by atoms with E-state index in [4.69, 9.17) is 11.6 Å². The van der Waals surface area contributed by atoms with Crippen molar-refractivity contribution < 1.29 is 0 Å². The van der Waals surface area contributed by atoms with Crippen molar-refractivity contribution in [3.05, 3.63) is 57.2 Å². The van der Waals surface area contributed by atoms with Crippen molar-refractivity contribution in [2.45, 2.75) is 13.5 Å². The summed E-state index contributed by atoms with van der Waals surface area (Å²) >= 11 is 9.41. The Morgan fingerprint density at radius 3 is 2.82 bits per heavy atom. The lowest BCUT2D eigenvalue weighted by Crippen LogP contribution is -2.03. The van der Waals surface area contributed by atoms with E-state index < -0.39 is 0 Å². The van der Waals surface area contributed by atoms with E-state index in [-0.39, 0.29) is 0 Å². The Bertz CT molecular complexity index is 529. The van der Waals surface area contributed by atoms with Crippen molar-refractivity contribution in [2.75, 3.05) is 5.32 Å². The van der Waals surface area contributed by atoms with Crippen LogP contribution in [0.5, 0.6) is 0 Å². The molecule has 0 saturated carbocycles. The van der Waals surface area contributed by atoms with E-state index in [9.17, 15) is 0 Å². The molecule has 4 heteroatoms. The molecule has 2 rings (SSSR count). The number of benzene rings is 1. The van der Waals surface area contributed by atoms with E-state index in [2.05, 4.69) is 45.3 Å². The number of aryl methyl sites for hydroxylation is 1. The quantitative estimate of drug-likeness (QED) is 0.907. The van der Waals surface area contributed by atoms with Gasteiger partial charge in [-0.15, -0.1) is 0 Å². The van der Waals surface area contributed by atoms with Gasteiger partial charge in [0.05, 0.1) is 5.02 Å². The highest BCUT2D eigenvalue weighted by Crippen LogP contribution is 2.23. The smallest absolute Gasteiger partial charge is 0.145 e. The lowest BCUT2D eigenvalue weighted by Gasteiger charge is -2.09. The van der Waals surface area contributed by atoms with Gasteiger partial charge in [-0.25, -0.2) is 4.98 Å². The van der Waals surface area contributed by atoms with Crippen LogP contribution in [0.4, 0.5) is 5.82 Å². The molecule has 0 fully saturated rings. The van der Waals surface area contributed by atoms with E-state index in [0.717, 1.165) is 11.0 Å². The number of nitrogens with zero attached hydrogens (tertiary/aromatic N) is 1. The summed E-state index contributed by atoms with van der Waals surface area (Å²) in [4.78, 5) is 4.23. The highest BCUT2D eigenvalue weighted by Gasteiger charge is 2.03. The summed E-state index contributed by atoms with van der Waals surface area (Å²) in [5, 5.41) is 3.85. The first kappa shape index (κ1) is 12.4. The van der Waals surface area contributed by atoms with Crippen LogP contribution in [-0.2, 0) is 6.54 Å². The number of pyridine rings is 1. The fraction of sp³-hybridized carbons (Fsp3) is 0.154. The lowest BCUT2D eigenvalue weighted by molar-refractivity contribution is 1.09. The first-order valence-electron chi connectivity index (χ1n) is 5.26. The third-order valence-electron chi connectivity index (χ3n) is 2.52. The van der Waals surface area contributed by atoms with Crippen LogP contribution in [0, 0.1) is 6.92 Å². The van der Waals surface area contributed by atoms with Gasteiger partial charge in [0.2, 0.25) is 0 Å². The molecule has 0 aliphatic heterocycles. The summed E-state index contributed by atoms with van der Waals surface area (Å²) in [6, 6.07) is 10.1. The Kier molecular flexibility index (Phi) is 4.02. The molecule has 88 valence electrons. The highest BCUT2D eigenvalue weighted by molar-refractivity contribution is 9.10. The van der Waals surface area contributed by atoms with Crippen LogP contribution in [-0.4, -0.2) is 4.98 Å². The SMILES string of the molecule is Cc1ccccc1CNc1ncc(Br)cc1Cl. The molecule has 1 heterocycles. The highest BCUT2D eigenvalue weighted by atomic mass is 79.9. The normalized spacial score (nSPS) is 10.3. The predicted molar refractivity (Wildman–Crippen MR) is 75.5 cm³/mol. The summed E-state index contributed by atoms with van der Waals surface area (Å²) in [5.74, 6) is 0.707. The Balaban J connectivity index is 2.10. The number of halogens is 2. The molecule has 0 saturated heterocycles. The third-order valence-corrected chi connectivity index (χ3v) is 3.24. The van der Waals surface area contributed by atoms with Crippen molar-refractivity contribution in [2.24, 2.45) is 0 Å². The number of hydrogen-bond acceptors (Lipinski definition) is 2. The maximum Gasteiger partial charge on any atom is 0.145 e. The molecule has 0 bridgehead atoms. The fourth-order valence-electron chi connectivity index (χ4n) is 1.53. The number of aromatic nitrogens is 1. The maximum atomic E-state index is 6.08. The fourth-order valence-corrected chi connectivity index (χ4v) is 2.23. The topological polar surface area (TPSA) is 24.9 Å². The van der Waals surface area contributed by atoms with E-state index in [1.165, 1.54) is 11.1 Å². The first-order chi connectivity index (χ1) is 8.16. The molecule has 2 aromatic rings. The summed E-state index contributed by atoms with van der Waals surface area (Å²) in [7, 11) is 0. The second-order valence-electron chi connectivity index (χ2n) is 3.76. The van der Waals surface area contributed by atoms with Gasteiger partial charge in [-0.2, -0.15) is 0 Å². The van der Waals surface area contributed by atoms with Gasteiger partial charge in [0, 0.05) is 17.2 Å². The van der Waals surface area contributed by atoms with Gasteiger partial charge in [0.15, 0.2) is 0 Å². The van der Waals surface area contributed by atoms with Crippen molar-refractivity contribution >= 4 is 33.3 Å².